The molecule has 6 heteroatoms. The van der Waals surface area contributed by atoms with Gasteiger partial charge in [-0.2, -0.15) is 0 Å². The third kappa shape index (κ3) is 5.72. The fourth-order valence-corrected chi connectivity index (χ4v) is 9.10. The van der Waals surface area contributed by atoms with E-state index in [1.54, 1.807) is 18.1 Å². The van der Waals surface area contributed by atoms with Gasteiger partial charge in [0, 0.05) is 20.8 Å². The first-order valence-electron chi connectivity index (χ1n) is 15.3. The molecule has 0 bridgehead atoms. The Balaban J connectivity index is 1.42. The van der Waals surface area contributed by atoms with Crippen LogP contribution >= 0.6 is 0 Å². The van der Waals surface area contributed by atoms with Crippen molar-refractivity contribution in [3.63, 3.8) is 0 Å². The number of hydrogen-bond donors (Lipinski definition) is 0. The molecule has 0 aromatic carbocycles. The van der Waals surface area contributed by atoms with Gasteiger partial charge in [-0.3, -0.25) is 14.4 Å². The summed E-state index contributed by atoms with van der Waals surface area (Å²) in [6.45, 7) is 13.0. The number of allylic oxidation sites excluding steroid dienone is 4. The molecule has 0 amide bonds. The highest BCUT2D eigenvalue weighted by Crippen LogP contribution is 2.66. The van der Waals surface area contributed by atoms with E-state index in [1.165, 1.54) is 72.1 Å². The van der Waals surface area contributed by atoms with Crippen molar-refractivity contribution in [2.45, 2.75) is 125 Å². The Kier molecular flexibility index (Phi) is 8.73. The lowest BCUT2D eigenvalue weighted by Gasteiger charge is -2.54. The van der Waals surface area contributed by atoms with Gasteiger partial charge in [0.05, 0.1) is 5.92 Å². The van der Waals surface area contributed by atoms with Crippen molar-refractivity contribution in [3.8, 4) is 0 Å². The summed E-state index contributed by atoms with van der Waals surface area (Å²) in [6, 6.07) is 0. The summed E-state index contributed by atoms with van der Waals surface area (Å²) in [7, 11) is 0. The molecule has 0 heterocycles. The van der Waals surface area contributed by atoms with E-state index in [1.807, 2.05) is 0 Å². The van der Waals surface area contributed by atoms with Crippen LogP contribution < -0.4 is 0 Å². The quantitative estimate of drug-likeness (QED) is 0.220. The summed E-state index contributed by atoms with van der Waals surface area (Å²) in [4.78, 5) is 35.5. The molecule has 7 atom stereocenters. The molecule has 3 fully saturated rings. The molecule has 6 nitrogen and oxygen atoms in total. The zero-order valence-corrected chi connectivity index (χ0v) is 25.3. The topological polar surface area (TPSA) is 78.9 Å². The van der Waals surface area contributed by atoms with Crippen molar-refractivity contribution >= 4 is 17.9 Å². The molecule has 218 valence electrons. The molecule has 0 aromatic rings. The Morgan fingerprint density at radius 3 is 2.13 bits per heavy atom. The highest BCUT2D eigenvalue weighted by Gasteiger charge is 2.56. The first-order chi connectivity index (χ1) is 18.3. The molecule has 0 unspecified atom stereocenters. The van der Waals surface area contributed by atoms with Crippen molar-refractivity contribution in [3.05, 3.63) is 23.3 Å². The van der Waals surface area contributed by atoms with Crippen LogP contribution in [0.1, 0.15) is 119 Å². The van der Waals surface area contributed by atoms with E-state index < -0.39 is 29.8 Å². The van der Waals surface area contributed by atoms with Crippen molar-refractivity contribution in [2.75, 3.05) is 0 Å². The van der Waals surface area contributed by atoms with Crippen molar-refractivity contribution in [1.29, 1.82) is 0 Å². The van der Waals surface area contributed by atoms with Gasteiger partial charge < -0.3 is 14.2 Å². The lowest BCUT2D eigenvalue weighted by Crippen LogP contribution is -2.48. The highest BCUT2D eigenvalue weighted by molar-refractivity contribution is 5.70. The first-order valence-corrected chi connectivity index (χ1v) is 15.3. The lowest BCUT2D eigenvalue weighted by atomic mass is 9.50. The predicted molar refractivity (Wildman–Crippen MR) is 150 cm³/mol. The number of carbonyl (C=O) groups is 3. The molecule has 0 aliphatic heterocycles. The molecule has 39 heavy (non-hydrogen) atoms. The van der Waals surface area contributed by atoms with Crippen LogP contribution in [0.25, 0.3) is 0 Å². The Bertz CT molecular complexity index is 984. The molecule has 0 radical (unpaired) electrons. The van der Waals surface area contributed by atoms with Crippen molar-refractivity contribution in [2.24, 2.45) is 40.4 Å². The maximum atomic E-state index is 11.8. The van der Waals surface area contributed by atoms with Gasteiger partial charge >= 0.3 is 23.9 Å². The fourth-order valence-electron chi connectivity index (χ4n) is 9.10. The molecular formula is C33H50O6. The maximum Gasteiger partial charge on any atom is 0.426 e. The minimum absolute atomic E-state index is 0.334. The van der Waals surface area contributed by atoms with E-state index in [4.69, 9.17) is 14.2 Å². The van der Waals surface area contributed by atoms with Crippen LogP contribution in [0.3, 0.4) is 0 Å². The Labute approximate surface area is 235 Å². The van der Waals surface area contributed by atoms with Crippen LogP contribution in [0.4, 0.5) is 0 Å². The van der Waals surface area contributed by atoms with Crippen molar-refractivity contribution < 1.29 is 28.6 Å². The predicted octanol–water partition coefficient (Wildman–Crippen LogP) is 7.66. The Morgan fingerprint density at radius 2 is 1.51 bits per heavy atom. The molecular weight excluding hydrogens is 492 g/mol. The van der Waals surface area contributed by atoms with Crippen LogP contribution in [0.2, 0.25) is 0 Å². The number of fused-ring (bicyclic) bond motifs is 5. The standard InChI is InChI=1S/C33H50O6/c1-21(11-10-12-22(2)33(37-23(3)34,38-24(4)35)39-25(5)36)28-16-17-29-27-15-14-26-13-8-9-19-31(26,6)30(27)18-20-32(28,29)7/h14-15,21-22,28-30H,8-13,16-20H2,1-7H3/t21-,22-,28-,29+,30+,31+,32-/m1/s1. The van der Waals surface area contributed by atoms with Crippen molar-refractivity contribution in [1.82, 2.24) is 0 Å². The summed E-state index contributed by atoms with van der Waals surface area (Å²) >= 11 is 0. The van der Waals surface area contributed by atoms with E-state index in [2.05, 4.69) is 32.9 Å². The van der Waals surface area contributed by atoms with E-state index in [0.29, 0.717) is 35.0 Å². The maximum absolute atomic E-state index is 11.8. The zero-order valence-electron chi connectivity index (χ0n) is 25.3. The van der Waals surface area contributed by atoms with Gasteiger partial charge in [0.1, 0.15) is 0 Å². The Morgan fingerprint density at radius 1 is 0.872 bits per heavy atom. The molecule has 0 N–H and O–H groups in total. The van der Waals surface area contributed by atoms with E-state index in [-0.39, 0.29) is 0 Å². The second-order valence-corrected chi connectivity index (χ2v) is 13.5. The minimum atomic E-state index is -2.02. The molecule has 0 saturated heterocycles. The van der Waals surface area contributed by atoms with Gasteiger partial charge in [-0.25, -0.2) is 0 Å². The molecule has 4 aliphatic carbocycles. The zero-order chi connectivity index (χ0) is 28.6. The highest BCUT2D eigenvalue weighted by atomic mass is 16.9. The summed E-state index contributed by atoms with van der Waals surface area (Å²) in [5.74, 6) is -1.89. The summed E-state index contributed by atoms with van der Waals surface area (Å²) < 4.78 is 16.0. The number of ether oxygens (including phenoxy) is 3. The number of carbonyl (C=O) groups excluding carboxylic acids is 3. The average molecular weight is 543 g/mol. The Hall–Kier alpha value is -2.11. The smallest absolute Gasteiger partial charge is 0.388 e. The van der Waals surface area contributed by atoms with Gasteiger partial charge in [-0.15, -0.1) is 0 Å². The third-order valence-corrected chi connectivity index (χ3v) is 11.0. The average Bonchev–Trinajstić information content (AvgIpc) is 3.19. The number of hydrogen-bond acceptors (Lipinski definition) is 6. The largest absolute Gasteiger partial charge is 0.426 e. The van der Waals surface area contributed by atoms with Gasteiger partial charge in [0.15, 0.2) is 0 Å². The molecule has 0 aromatic heterocycles. The molecule has 4 aliphatic rings. The number of esters is 3. The molecule has 3 saturated carbocycles. The normalized spacial score (nSPS) is 33.4. The lowest BCUT2D eigenvalue weighted by molar-refractivity contribution is -0.350. The number of rotatable bonds is 9. The summed E-state index contributed by atoms with van der Waals surface area (Å²) in [5, 5.41) is 0. The van der Waals surface area contributed by atoms with Crippen LogP contribution in [-0.2, 0) is 28.6 Å². The van der Waals surface area contributed by atoms with Crippen LogP contribution in [0.15, 0.2) is 23.3 Å². The van der Waals surface area contributed by atoms with Gasteiger partial charge in [0.25, 0.3) is 0 Å². The van der Waals surface area contributed by atoms with Crippen LogP contribution in [0, 0.1) is 40.4 Å². The van der Waals surface area contributed by atoms with Crippen LogP contribution in [0.5, 0.6) is 0 Å². The summed E-state index contributed by atoms with van der Waals surface area (Å²) in [5.41, 5.74) is 4.16. The van der Waals surface area contributed by atoms with E-state index in [0.717, 1.165) is 18.8 Å². The second-order valence-electron chi connectivity index (χ2n) is 13.5. The van der Waals surface area contributed by atoms with E-state index in [9.17, 15) is 14.4 Å². The van der Waals surface area contributed by atoms with Gasteiger partial charge in [-0.05, 0) is 85.9 Å². The van der Waals surface area contributed by atoms with Crippen LogP contribution in [-0.4, -0.2) is 23.9 Å². The van der Waals surface area contributed by atoms with E-state index >= 15 is 0 Å². The van der Waals surface area contributed by atoms with Gasteiger partial charge in [-0.1, -0.05) is 70.3 Å². The second kappa shape index (κ2) is 11.4. The van der Waals surface area contributed by atoms with Gasteiger partial charge in [0.2, 0.25) is 0 Å². The fraction of sp³-hybridized carbons (Fsp3) is 0.788. The first kappa shape index (κ1) is 29.9. The third-order valence-electron chi connectivity index (χ3n) is 11.0. The summed E-state index contributed by atoms with van der Waals surface area (Å²) in [6.07, 6.45) is 18.0. The molecule has 4 rings (SSSR count). The molecule has 0 spiro atoms. The monoisotopic (exact) mass is 542 g/mol. The SMILES string of the molecule is CC(=O)OC(OC(C)=O)(OC(C)=O)[C@H](C)CCC[C@@H](C)[C@H]1CC[C@H]2C3=CC=C4CCCC[C@]4(C)[C@H]3CC[C@]12C. The minimum Gasteiger partial charge on any atom is -0.388 e.